The molecule has 2 aromatic rings. The molecule has 0 aliphatic heterocycles. The number of nitrogens with one attached hydrogen (secondary N) is 2. The van der Waals surface area contributed by atoms with Gasteiger partial charge in [0.05, 0.1) is 16.3 Å². The van der Waals surface area contributed by atoms with Gasteiger partial charge in [0.15, 0.2) is 0 Å². The smallest absolute Gasteiger partial charge is 0.249 e. The van der Waals surface area contributed by atoms with Crippen LogP contribution in [0.2, 0.25) is 15.1 Å². The quantitative estimate of drug-likeness (QED) is 0.444. The van der Waals surface area contributed by atoms with E-state index in [0.717, 1.165) is 5.56 Å². The van der Waals surface area contributed by atoms with Crippen molar-refractivity contribution in [3.63, 3.8) is 0 Å². The van der Waals surface area contributed by atoms with E-state index in [2.05, 4.69) is 15.8 Å². The maximum atomic E-state index is 11.8. The van der Waals surface area contributed by atoms with Crippen LogP contribution >= 0.6 is 34.8 Å². The van der Waals surface area contributed by atoms with Crippen molar-refractivity contribution >= 4 is 58.5 Å². The fraction of sp³-hybridized carbons (Fsp3) is 0.118. The van der Waals surface area contributed by atoms with E-state index in [4.69, 9.17) is 34.8 Å². The molecular formula is C17H14Cl3N3O2. The number of hydrogen-bond acceptors (Lipinski definition) is 3. The van der Waals surface area contributed by atoms with Gasteiger partial charge in [-0.2, -0.15) is 5.10 Å². The van der Waals surface area contributed by atoms with E-state index in [1.165, 1.54) is 6.21 Å². The molecule has 2 rings (SSSR count). The fourth-order valence-electron chi connectivity index (χ4n) is 1.86. The van der Waals surface area contributed by atoms with Gasteiger partial charge in [-0.15, -0.1) is 0 Å². The molecule has 0 bridgehead atoms. The maximum absolute atomic E-state index is 11.8. The predicted molar refractivity (Wildman–Crippen MR) is 102 cm³/mol. The summed E-state index contributed by atoms with van der Waals surface area (Å²) in [6, 6.07) is 10.1. The Kier molecular flexibility index (Phi) is 6.82. The van der Waals surface area contributed by atoms with Gasteiger partial charge >= 0.3 is 0 Å². The molecule has 130 valence electrons. The molecule has 8 heteroatoms. The molecule has 2 aromatic carbocycles. The number of carbonyl (C=O) groups excluding carboxylic acids is 2. The first-order valence-electron chi connectivity index (χ1n) is 7.18. The summed E-state index contributed by atoms with van der Waals surface area (Å²) < 4.78 is 0. The second-order valence-corrected chi connectivity index (χ2v) is 6.32. The molecule has 25 heavy (non-hydrogen) atoms. The van der Waals surface area contributed by atoms with Crippen molar-refractivity contribution in [2.75, 3.05) is 5.32 Å². The lowest BCUT2D eigenvalue weighted by molar-refractivity contribution is -0.126. The van der Waals surface area contributed by atoms with Crippen molar-refractivity contribution in [3.8, 4) is 0 Å². The van der Waals surface area contributed by atoms with E-state index in [-0.39, 0.29) is 6.42 Å². The average molecular weight is 399 g/mol. The lowest BCUT2D eigenvalue weighted by Gasteiger charge is -2.06. The van der Waals surface area contributed by atoms with Crippen molar-refractivity contribution < 1.29 is 9.59 Å². The van der Waals surface area contributed by atoms with Crippen LogP contribution in [0.1, 0.15) is 17.5 Å². The van der Waals surface area contributed by atoms with E-state index < -0.39 is 11.8 Å². The standard InChI is InChI=1S/C17H14Cl3N3O2/c1-10-5-6-12(7-14(10)19)22-15(24)8-16(25)23-21-9-11-3-2-4-13(18)17(11)20/h2-7,9H,8H2,1H3,(H,22,24)(H,23,25). The zero-order chi connectivity index (χ0) is 18.4. The van der Waals surface area contributed by atoms with Gasteiger partial charge in [0.1, 0.15) is 6.42 Å². The number of benzene rings is 2. The maximum Gasteiger partial charge on any atom is 0.249 e. The molecule has 0 spiro atoms. The van der Waals surface area contributed by atoms with Crippen LogP contribution in [0, 0.1) is 6.92 Å². The van der Waals surface area contributed by atoms with E-state index >= 15 is 0 Å². The molecular weight excluding hydrogens is 385 g/mol. The lowest BCUT2D eigenvalue weighted by atomic mass is 10.2. The first kappa shape index (κ1) is 19.2. The molecule has 0 atom stereocenters. The number of hydrazone groups is 1. The highest BCUT2D eigenvalue weighted by Crippen LogP contribution is 2.24. The number of rotatable bonds is 5. The Hall–Kier alpha value is -2.08. The summed E-state index contributed by atoms with van der Waals surface area (Å²) in [5.41, 5.74) is 4.22. The number of aryl methyl sites for hydroxylation is 1. The fourth-order valence-corrected chi connectivity index (χ4v) is 2.39. The van der Waals surface area contributed by atoms with Gasteiger partial charge in [-0.1, -0.05) is 53.0 Å². The first-order valence-corrected chi connectivity index (χ1v) is 8.32. The van der Waals surface area contributed by atoms with Gasteiger partial charge in [0.25, 0.3) is 0 Å². The van der Waals surface area contributed by atoms with Crippen LogP contribution in [0.3, 0.4) is 0 Å². The highest BCUT2D eigenvalue weighted by atomic mass is 35.5. The van der Waals surface area contributed by atoms with E-state index in [1.54, 1.807) is 36.4 Å². The molecule has 0 saturated carbocycles. The van der Waals surface area contributed by atoms with Crippen molar-refractivity contribution in [1.82, 2.24) is 5.43 Å². The molecule has 0 aromatic heterocycles. The summed E-state index contributed by atoms with van der Waals surface area (Å²) in [7, 11) is 0. The van der Waals surface area contributed by atoms with Gasteiger partial charge in [-0.05, 0) is 30.7 Å². The second-order valence-electron chi connectivity index (χ2n) is 5.13. The number of amides is 2. The van der Waals surface area contributed by atoms with Crippen molar-refractivity contribution in [3.05, 3.63) is 62.6 Å². The van der Waals surface area contributed by atoms with Gasteiger partial charge < -0.3 is 5.32 Å². The Labute approximate surface area is 160 Å². The Balaban J connectivity index is 1.87. The van der Waals surface area contributed by atoms with Crippen LogP contribution < -0.4 is 10.7 Å². The van der Waals surface area contributed by atoms with Crippen LogP contribution in [-0.4, -0.2) is 18.0 Å². The van der Waals surface area contributed by atoms with Crippen molar-refractivity contribution in [2.24, 2.45) is 5.10 Å². The molecule has 0 aliphatic rings. The van der Waals surface area contributed by atoms with E-state index in [1.807, 2.05) is 6.92 Å². The molecule has 5 nitrogen and oxygen atoms in total. The van der Waals surface area contributed by atoms with Crippen molar-refractivity contribution in [1.29, 1.82) is 0 Å². The SMILES string of the molecule is Cc1ccc(NC(=O)CC(=O)NN=Cc2cccc(Cl)c2Cl)cc1Cl. The predicted octanol–water partition coefficient (Wildman–Crippen LogP) is 4.43. The number of anilines is 1. The van der Waals surface area contributed by atoms with Gasteiger partial charge in [-0.3, -0.25) is 9.59 Å². The highest BCUT2D eigenvalue weighted by molar-refractivity contribution is 6.43. The Bertz CT molecular complexity index is 838. The topological polar surface area (TPSA) is 70.6 Å². The third kappa shape index (κ3) is 5.74. The monoisotopic (exact) mass is 397 g/mol. The summed E-state index contributed by atoms with van der Waals surface area (Å²) in [6.07, 6.45) is 0.968. The average Bonchev–Trinajstić information content (AvgIpc) is 2.55. The van der Waals surface area contributed by atoms with Gasteiger partial charge in [0, 0.05) is 16.3 Å². The number of hydrogen-bond donors (Lipinski definition) is 2. The van der Waals surface area contributed by atoms with Crippen LogP contribution in [0.25, 0.3) is 0 Å². The molecule has 2 N–H and O–H groups in total. The van der Waals surface area contributed by atoms with Gasteiger partial charge in [0.2, 0.25) is 11.8 Å². The normalized spacial score (nSPS) is 10.7. The number of carbonyl (C=O) groups is 2. The lowest BCUT2D eigenvalue weighted by Crippen LogP contribution is -2.24. The molecule has 0 fully saturated rings. The molecule has 2 amide bonds. The van der Waals surface area contributed by atoms with Crippen LogP contribution in [-0.2, 0) is 9.59 Å². The largest absolute Gasteiger partial charge is 0.326 e. The third-order valence-electron chi connectivity index (χ3n) is 3.15. The summed E-state index contributed by atoms with van der Waals surface area (Å²) in [6.45, 7) is 1.85. The minimum Gasteiger partial charge on any atom is -0.326 e. The zero-order valence-electron chi connectivity index (χ0n) is 13.1. The Morgan fingerprint density at radius 1 is 1.08 bits per heavy atom. The number of halogens is 3. The number of nitrogens with zero attached hydrogens (tertiary/aromatic N) is 1. The highest BCUT2D eigenvalue weighted by Gasteiger charge is 2.10. The minimum atomic E-state index is -0.565. The van der Waals surface area contributed by atoms with Crippen molar-refractivity contribution in [2.45, 2.75) is 13.3 Å². The molecule has 0 heterocycles. The van der Waals surface area contributed by atoms with Crippen LogP contribution in [0.15, 0.2) is 41.5 Å². The minimum absolute atomic E-state index is 0.330. The second kappa shape index (κ2) is 8.85. The zero-order valence-corrected chi connectivity index (χ0v) is 15.4. The van der Waals surface area contributed by atoms with Crippen LogP contribution in [0.4, 0.5) is 5.69 Å². The summed E-state index contributed by atoms with van der Waals surface area (Å²) in [5.74, 6) is -1.04. The molecule has 0 aliphatic carbocycles. The Morgan fingerprint density at radius 3 is 2.56 bits per heavy atom. The van der Waals surface area contributed by atoms with Gasteiger partial charge in [-0.25, -0.2) is 5.43 Å². The van der Waals surface area contributed by atoms with E-state index in [9.17, 15) is 9.59 Å². The van der Waals surface area contributed by atoms with E-state index in [0.29, 0.717) is 26.3 Å². The Morgan fingerprint density at radius 2 is 1.84 bits per heavy atom. The summed E-state index contributed by atoms with van der Waals surface area (Å²) in [5, 5.41) is 7.60. The summed E-state index contributed by atoms with van der Waals surface area (Å²) in [4.78, 5) is 23.6. The first-order chi connectivity index (χ1) is 11.9. The molecule has 0 unspecified atom stereocenters. The summed E-state index contributed by atoms with van der Waals surface area (Å²) >= 11 is 17.9. The van der Waals surface area contributed by atoms with Crippen LogP contribution in [0.5, 0.6) is 0 Å². The molecule has 0 radical (unpaired) electrons. The third-order valence-corrected chi connectivity index (χ3v) is 4.39. The molecule has 0 saturated heterocycles.